The molecule has 0 saturated carbocycles. The molecule has 4 N–H and O–H groups in total. The molecule has 24 heavy (non-hydrogen) atoms. The lowest BCUT2D eigenvalue weighted by molar-refractivity contribution is -0.154. The van der Waals surface area contributed by atoms with Crippen LogP contribution in [0.2, 0.25) is 0 Å². The fraction of sp³-hybridized carbons (Fsp3) is 0.467. The highest BCUT2D eigenvalue weighted by molar-refractivity contribution is 7.89. The standard InChI is InChI=1S/C15H23N3O5S/c1-10-9-11(5-6-12(10)14(16)18-20)24(21,22)17-8-7-13(19)23-15(2,3)4/h5-6,9,17,20H,7-8H2,1-4H3,(H2,16,18). The molecule has 0 amide bonds. The van der Waals surface area contributed by atoms with Crippen LogP contribution in [0.15, 0.2) is 28.3 Å². The molecule has 0 heterocycles. The number of benzene rings is 1. The van der Waals surface area contributed by atoms with Gasteiger partial charge in [-0.3, -0.25) is 4.79 Å². The topological polar surface area (TPSA) is 131 Å². The molecule has 134 valence electrons. The first-order chi connectivity index (χ1) is 11.0. The van der Waals surface area contributed by atoms with E-state index in [2.05, 4.69) is 9.88 Å². The zero-order valence-corrected chi connectivity index (χ0v) is 15.0. The number of carbonyl (C=O) groups is 1. The lowest BCUT2D eigenvalue weighted by Crippen LogP contribution is -2.29. The Labute approximate surface area is 141 Å². The van der Waals surface area contributed by atoms with Crippen LogP contribution in [0.5, 0.6) is 0 Å². The van der Waals surface area contributed by atoms with Gasteiger partial charge >= 0.3 is 5.97 Å². The van der Waals surface area contributed by atoms with E-state index in [0.717, 1.165) is 0 Å². The van der Waals surface area contributed by atoms with Gasteiger partial charge in [-0.05, 0) is 51.5 Å². The van der Waals surface area contributed by atoms with Gasteiger partial charge in [-0.2, -0.15) is 0 Å². The normalized spacial score (nSPS) is 12.9. The SMILES string of the molecule is Cc1cc(S(=O)(=O)NCCC(=O)OC(C)(C)C)ccc1/C(N)=N/O. The van der Waals surface area contributed by atoms with Gasteiger partial charge in [-0.25, -0.2) is 13.1 Å². The first-order valence-electron chi connectivity index (χ1n) is 7.26. The number of aryl methyl sites for hydroxylation is 1. The maximum absolute atomic E-state index is 12.2. The second-order valence-electron chi connectivity index (χ2n) is 6.20. The monoisotopic (exact) mass is 357 g/mol. The number of esters is 1. The van der Waals surface area contributed by atoms with E-state index in [4.69, 9.17) is 15.7 Å². The van der Waals surface area contributed by atoms with Gasteiger partial charge in [0.2, 0.25) is 10.0 Å². The molecule has 0 spiro atoms. The predicted molar refractivity (Wildman–Crippen MR) is 89.3 cm³/mol. The summed E-state index contributed by atoms with van der Waals surface area (Å²) >= 11 is 0. The second kappa shape index (κ2) is 7.63. The van der Waals surface area contributed by atoms with E-state index in [1.54, 1.807) is 27.7 Å². The molecule has 0 fully saturated rings. The molecule has 0 atom stereocenters. The number of hydrogen-bond acceptors (Lipinski definition) is 6. The molecule has 8 nitrogen and oxygen atoms in total. The lowest BCUT2D eigenvalue weighted by atomic mass is 10.1. The maximum Gasteiger partial charge on any atom is 0.307 e. The van der Waals surface area contributed by atoms with Crippen LogP contribution in [-0.2, 0) is 19.6 Å². The number of oxime groups is 1. The van der Waals surface area contributed by atoms with Crippen LogP contribution in [0.3, 0.4) is 0 Å². The van der Waals surface area contributed by atoms with Crippen LogP contribution in [0.25, 0.3) is 0 Å². The van der Waals surface area contributed by atoms with Gasteiger partial charge in [0.15, 0.2) is 5.84 Å². The largest absolute Gasteiger partial charge is 0.460 e. The quantitative estimate of drug-likeness (QED) is 0.230. The lowest BCUT2D eigenvalue weighted by Gasteiger charge is -2.19. The van der Waals surface area contributed by atoms with Crippen LogP contribution in [0.4, 0.5) is 0 Å². The minimum absolute atomic E-state index is 0.0266. The Morgan fingerprint density at radius 3 is 2.50 bits per heavy atom. The fourth-order valence-electron chi connectivity index (χ4n) is 1.91. The van der Waals surface area contributed by atoms with Gasteiger partial charge in [0.05, 0.1) is 11.3 Å². The molecule has 0 aromatic heterocycles. The summed E-state index contributed by atoms with van der Waals surface area (Å²) in [5.41, 5.74) is 5.86. The number of nitrogens with one attached hydrogen (secondary N) is 1. The molecular weight excluding hydrogens is 334 g/mol. The first-order valence-corrected chi connectivity index (χ1v) is 8.74. The number of ether oxygens (including phenoxy) is 1. The van der Waals surface area contributed by atoms with Crippen molar-refractivity contribution in [1.82, 2.24) is 4.72 Å². The summed E-state index contributed by atoms with van der Waals surface area (Å²) in [5, 5.41) is 11.6. The third-order valence-corrected chi connectivity index (χ3v) is 4.39. The Hall–Kier alpha value is -2.13. The number of sulfonamides is 1. The van der Waals surface area contributed by atoms with Crippen LogP contribution in [-0.4, -0.2) is 37.6 Å². The van der Waals surface area contributed by atoms with Crippen LogP contribution < -0.4 is 10.5 Å². The number of amidine groups is 1. The average Bonchev–Trinajstić information content (AvgIpc) is 2.44. The van der Waals surface area contributed by atoms with Gasteiger partial charge in [-0.1, -0.05) is 5.16 Å². The summed E-state index contributed by atoms with van der Waals surface area (Å²) in [6, 6.07) is 4.20. The van der Waals surface area contributed by atoms with E-state index >= 15 is 0 Å². The Kier molecular flexibility index (Phi) is 6.33. The summed E-state index contributed by atoms with van der Waals surface area (Å²) in [6.07, 6.45) is -0.0717. The van der Waals surface area contributed by atoms with Crippen molar-refractivity contribution in [1.29, 1.82) is 0 Å². The third-order valence-electron chi connectivity index (χ3n) is 2.93. The predicted octanol–water partition coefficient (Wildman–Crippen LogP) is 1.10. The highest BCUT2D eigenvalue weighted by atomic mass is 32.2. The number of nitrogens with zero attached hydrogens (tertiary/aromatic N) is 1. The van der Waals surface area contributed by atoms with Crippen LogP contribution >= 0.6 is 0 Å². The van der Waals surface area contributed by atoms with Gasteiger partial charge in [0.25, 0.3) is 0 Å². The highest BCUT2D eigenvalue weighted by Crippen LogP contribution is 2.15. The van der Waals surface area contributed by atoms with Crippen molar-refractivity contribution in [3.8, 4) is 0 Å². The summed E-state index contributed by atoms with van der Waals surface area (Å²) in [7, 11) is -3.77. The molecule has 9 heteroatoms. The molecule has 0 unspecified atom stereocenters. The molecule has 0 radical (unpaired) electrons. The average molecular weight is 357 g/mol. The van der Waals surface area contributed by atoms with E-state index in [0.29, 0.717) is 11.1 Å². The Balaban J connectivity index is 2.76. The van der Waals surface area contributed by atoms with E-state index in [9.17, 15) is 13.2 Å². The molecule has 1 rings (SSSR count). The smallest absolute Gasteiger partial charge is 0.307 e. The molecule has 1 aromatic rings. The molecule has 0 saturated heterocycles. The third kappa shape index (κ3) is 5.82. The molecule has 0 aliphatic rings. The number of rotatable bonds is 6. The van der Waals surface area contributed by atoms with Gasteiger partial charge in [0, 0.05) is 12.1 Å². The molecule has 0 bridgehead atoms. The van der Waals surface area contributed by atoms with Crippen molar-refractivity contribution in [3.05, 3.63) is 29.3 Å². The Morgan fingerprint density at radius 2 is 2.00 bits per heavy atom. The van der Waals surface area contributed by atoms with Crippen molar-refractivity contribution in [2.45, 2.75) is 44.6 Å². The zero-order chi connectivity index (χ0) is 18.5. The van der Waals surface area contributed by atoms with Crippen molar-refractivity contribution in [2.24, 2.45) is 10.9 Å². The van der Waals surface area contributed by atoms with Gasteiger partial charge in [0.1, 0.15) is 5.60 Å². The Morgan fingerprint density at radius 1 is 1.38 bits per heavy atom. The van der Waals surface area contributed by atoms with Crippen LogP contribution in [0, 0.1) is 6.92 Å². The van der Waals surface area contributed by atoms with Crippen molar-refractivity contribution in [3.63, 3.8) is 0 Å². The number of hydrogen-bond donors (Lipinski definition) is 3. The van der Waals surface area contributed by atoms with Crippen LogP contribution in [0.1, 0.15) is 38.3 Å². The maximum atomic E-state index is 12.2. The summed E-state index contributed by atoms with van der Waals surface area (Å²) in [5.74, 6) is -0.585. The first kappa shape index (κ1) is 19.9. The highest BCUT2D eigenvalue weighted by Gasteiger charge is 2.19. The summed E-state index contributed by atoms with van der Waals surface area (Å²) < 4.78 is 31.9. The van der Waals surface area contributed by atoms with Crippen molar-refractivity contribution in [2.75, 3.05) is 6.54 Å². The van der Waals surface area contributed by atoms with Gasteiger partial charge < -0.3 is 15.7 Å². The van der Waals surface area contributed by atoms with Crippen molar-refractivity contribution >= 4 is 21.8 Å². The van der Waals surface area contributed by atoms with E-state index < -0.39 is 21.6 Å². The van der Waals surface area contributed by atoms with Gasteiger partial charge in [-0.15, -0.1) is 0 Å². The number of carbonyl (C=O) groups excluding carboxylic acids is 1. The van der Waals surface area contributed by atoms with E-state index in [1.165, 1.54) is 18.2 Å². The minimum Gasteiger partial charge on any atom is -0.460 e. The minimum atomic E-state index is -3.77. The van der Waals surface area contributed by atoms with Crippen molar-refractivity contribution < 1.29 is 23.2 Å². The molecule has 1 aromatic carbocycles. The second-order valence-corrected chi connectivity index (χ2v) is 7.96. The fourth-order valence-corrected chi connectivity index (χ4v) is 3.02. The summed E-state index contributed by atoms with van der Waals surface area (Å²) in [4.78, 5) is 11.6. The summed E-state index contributed by atoms with van der Waals surface area (Å²) in [6.45, 7) is 6.79. The Bertz CT molecular complexity index is 736. The molecule has 0 aliphatic carbocycles. The van der Waals surface area contributed by atoms with E-state index in [-0.39, 0.29) is 23.7 Å². The zero-order valence-electron chi connectivity index (χ0n) is 14.2. The van der Waals surface area contributed by atoms with E-state index in [1.807, 2.05) is 0 Å². The molecular formula is C15H23N3O5S. The molecule has 0 aliphatic heterocycles. The number of nitrogens with two attached hydrogens (primary N) is 1.